The fourth-order valence-electron chi connectivity index (χ4n) is 3.16. The van der Waals surface area contributed by atoms with Crippen molar-refractivity contribution in [1.82, 2.24) is 14.5 Å². The second kappa shape index (κ2) is 9.19. The van der Waals surface area contributed by atoms with Crippen molar-refractivity contribution < 1.29 is 14.6 Å². The molecule has 4 rings (SSSR count). The molecule has 152 valence electrons. The van der Waals surface area contributed by atoms with Crippen LogP contribution in [0.3, 0.4) is 0 Å². The zero-order valence-corrected chi connectivity index (χ0v) is 16.4. The molecule has 30 heavy (non-hydrogen) atoms. The van der Waals surface area contributed by atoms with E-state index in [1.165, 1.54) is 5.56 Å². The third-order valence-electron chi connectivity index (χ3n) is 4.65. The highest BCUT2D eigenvalue weighted by Gasteiger charge is 2.11. The van der Waals surface area contributed by atoms with Gasteiger partial charge in [0.05, 0.1) is 18.5 Å². The van der Waals surface area contributed by atoms with Gasteiger partial charge in [-0.05, 0) is 30.2 Å². The summed E-state index contributed by atoms with van der Waals surface area (Å²) in [7, 11) is 0. The first-order chi connectivity index (χ1) is 14.7. The molecule has 0 bridgehead atoms. The van der Waals surface area contributed by atoms with E-state index in [1.807, 2.05) is 22.8 Å². The van der Waals surface area contributed by atoms with Crippen molar-refractivity contribution in [3.05, 3.63) is 84.3 Å². The van der Waals surface area contributed by atoms with E-state index in [-0.39, 0.29) is 19.1 Å². The molecule has 0 atom stereocenters. The predicted molar refractivity (Wildman–Crippen MR) is 115 cm³/mol. The quantitative estimate of drug-likeness (QED) is 0.472. The van der Waals surface area contributed by atoms with E-state index in [0.29, 0.717) is 22.5 Å². The lowest BCUT2D eigenvalue weighted by Gasteiger charge is -2.08. The summed E-state index contributed by atoms with van der Waals surface area (Å²) in [6.07, 6.45) is 4.19. The first kappa shape index (κ1) is 19.6. The number of nitrogens with zero attached hydrogens (tertiary/aromatic N) is 3. The van der Waals surface area contributed by atoms with Gasteiger partial charge in [0.25, 0.3) is 5.91 Å². The van der Waals surface area contributed by atoms with Crippen LogP contribution in [0.15, 0.2) is 73.2 Å². The summed E-state index contributed by atoms with van der Waals surface area (Å²) in [5.41, 5.74) is 3.71. The summed E-state index contributed by atoms with van der Waals surface area (Å²) in [5.74, 6) is 0.301. The Balaban J connectivity index is 1.45. The number of hydrogen-bond donors (Lipinski definition) is 2. The molecule has 0 unspecified atom stereocenters. The maximum atomic E-state index is 12.6. The van der Waals surface area contributed by atoms with Crippen molar-refractivity contribution in [3.63, 3.8) is 0 Å². The summed E-state index contributed by atoms with van der Waals surface area (Å²) in [6.45, 7) is 0.894. The van der Waals surface area contributed by atoms with Crippen LogP contribution in [-0.2, 0) is 13.0 Å². The number of nitrogens with one attached hydrogen (secondary N) is 1. The number of hydrogen-bond acceptors (Lipinski definition) is 5. The minimum atomic E-state index is -0.275. The molecule has 0 saturated heterocycles. The van der Waals surface area contributed by atoms with Crippen LogP contribution in [0.1, 0.15) is 15.9 Å². The molecule has 4 aromatic rings. The van der Waals surface area contributed by atoms with Crippen LogP contribution in [0.5, 0.6) is 5.75 Å². The molecule has 0 radical (unpaired) electrons. The highest BCUT2D eigenvalue weighted by atomic mass is 16.5. The van der Waals surface area contributed by atoms with Crippen molar-refractivity contribution in [2.45, 2.75) is 13.0 Å². The zero-order chi connectivity index (χ0) is 20.8. The Morgan fingerprint density at radius 3 is 2.77 bits per heavy atom. The second-order valence-electron chi connectivity index (χ2n) is 6.79. The summed E-state index contributed by atoms with van der Waals surface area (Å²) in [4.78, 5) is 21.5. The van der Waals surface area contributed by atoms with E-state index in [4.69, 9.17) is 9.84 Å². The number of amides is 1. The van der Waals surface area contributed by atoms with Crippen molar-refractivity contribution >= 4 is 22.8 Å². The van der Waals surface area contributed by atoms with Crippen molar-refractivity contribution in [1.29, 1.82) is 0 Å². The molecule has 0 aliphatic heterocycles. The largest absolute Gasteiger partial charge is 0.491 e. The molecule has 2 N–H and O–H groups in total. The molecule has 0 aliphatic carbocycles. The molecule has 2 heterocycles. The number of pyridine rings is 1. The average molecular weight is 402 g/mol. The van der Waals surface area contributed by atoms with Gasteiger partial charge in [-0.3, -0.25) is 4.79 Å². The molecular formula is C23H22N4O3. The maximum absolute atomic E-state index is 12.6. The Kier molecular flexibility index (Phi) is 6.01. The van der Waals surface area contributed by atoms with Gasteiger partial charge in [-0.15, -0.1) is 0 Å². The van der Waals surface area contributed by atoms with E-state index in [9.17, 15) is 4.79 Å². The van der Waals surface area contributed by atoms with Crippen LogP contribution < -0.4 is 10.1 Å². The van der Waals surface area contributed by atoms with Crippen LogP contribution >= 0.6 is 0 Å². The monoisotopic (exact) mass is 402 g/mol. The number of benzene rings is 2. The third-order valence-corrected chi connectivity index (χ3v) is 4.65. The lowest BCUT2D eigenvalue weighted by molar-refractivity contribution is 0.102. The molecular weight excluding hydrogens is 380 g/mol. The number of aromatic nitrogens is 3. The van der Waals surface area contributed by atoms with Gasteiger partial charge in [-0.25, -0.2) is 9.97 Å². The number of carbonyl (C=O) groups excluding carboxylic acids is 1. The van der Waals surface area contributed by atoms with Crippen LogP contribution in [0.25, 0.3) is 11.2 Å². The molecule has 2 aromatic heterocycles. The fraction of sp³-hybridized carbons (Fsp3) is 0.174. The van der Waals surface area contributed by atoms with E-state index >= 15 is 0 Å². The van der Waals surface area contributed by atoms with Gasteiger partial charge in [0.1, 0.15) is 17.9 Å². The van der Waals surface area contributed by atoms with E-state index in [0.717, 1.165) is 18.6 Å². The number of aliphatic hydroxyl groups is 1. The van der Waals surface area contributed by atoms with Crippen LogP contribution in [0, 0.1) is 0 Å². The normalized spacial score (nSPS) is 10.8. The zero-order valence-electron chi connectivity index (χ0n) is 16.4. The predicted octanol–water partition coefficient (Wildman–Crippen LogP) is 3.30. The van der Waals surface area contributed by atoms with E-state index in [1.54, 1.807) is 42.9 Å². The van der Waals surface area contributed by atoms with Crippen LogP contribution in [-0.4, -0.2) is 38.8 Å². The van der Waals surface area contributed by atoms with E-state index < -0.39 is 0 Å². The van der Waals surface area contributed by atoms with Crippen LogP contribution in [0.2, 0.25) is 0 Å². The van der Waals surface area contributed by atoms with Gasteiger partial charge < -0.3 is 19.7 Å². The second-order valence-corrected chi connectivity index (χ2v) is 6.79. The molecule has 1 amide bonds. The molecule has 0 aliphatic rings. The first-order valence-electron chi connectivity index (χ1n) is 9.73. The van der Waals surface area contributed by atoms with Crippen LogP contribution in [0.4, 0.5) is 5.69 Å². The topological polar surface area (TPSA) is 89.3 Å². The van der Waals surface area contributed by atoms with Crippen molar-refractivity contribution in [2.75, 3.05) is 18.5 Å². The number of rotatable bonds is 8. The SMILES string of the molecule is O=C(Nc1cccc(OCCO)c1)c1cnc2c(c1)ncn2CCc1ccccc1. The third kappa shape index (κ3) is 4.64. The summed E-state index contributed by atoms with van der Waals surface area (Å²) < 4.78 is 7.36. The summed E-state index contributed by atoms with van der Waals surface area (Å²) >= 11 is 0. The van der Waals surface area contributed by atoms with Gasteiger partial charge >= 0.3 is 0 Å². The van der Waals surface area contributed by atoms with Gasteiger partial charge in [-0.1, -0.05) is 36.4 Å². The number of imidazole rings is 1. The van der Waals surface area contributed by atoms with Gasteiger partial charge in [0.2, 0.25) is 0 Å². The van der Waals surface area contributed by atoms with E-state index in [2.05, 4.69) is 27.4 Å². The minimum absolute atomic E-state index is 0.0692. The van der Waals surface area contributed by atoms with Gasteiger partial charge in [-0.2, -0.15) is 0 Å². The first-order valence-corrected chi connectivity index (χ1v) is 9.73. The Labute approximate surface area is 174 Å². The standard InChI is InChI=1S/C23H22N4O3/c28-11-12-30-20-8-4-7-19(14-20)26-23(29)18-13-21-22(24-15-18)27(16-25-21)10-9-17-5-2-1-3-6-17/h1-8,13-16,28H,9-12H2,(H,26,29). The fourth-order valence-corrected chi connectivity index (χ4v) is 3.16. The Hall–Kier alpha value is -3.71. The highest BCUT2D eigenvalue weighted by molar-refractivity contribution is 6.05. The number of carbonyl (C=O) groups is 1. The molecule has 0 spiro atoms. The number of ether oxygens (including phenoxy) is 1. The van der Waals surface area contributed by atoms with Gasteiger partial charge in [0.15, 0.2) is 5.65 Å². The lowest BCUT2D eigenvalue weighted by Crippen LogP contribution is -2.12. The Bertz CT molecular complexity index is 1140. The molecule has 0 saturated carbocycles. The number of anilines is 1. The molecule has 7 nitrogen and oxygen atoms in total. The summed E-state index contributed by atoms with van der Waals surface area (Å²) in [5, 5.41) is 11.7. The Morgan fingerprint density at radius 2 is 1.93 bits per heavy atom. The average Bonchev–Trinajstić information content (AvgIpc) is 3.19. The smallest absolute Gasteiger partial charge is 0.257 e. The molecule has 0 fully saturated rings. The molecule has 7 heteroatoms. The van der Waals surface area contributed by atoms with Crippen molar-refractivity contribution in [2.24, 2.45) is 0 Å². The summed E-state index contributed by atoms with van der Waals surface area (Å²) in [6, 6.07) is 19.0. The molecule has 2 aromatic carbocycles. The number of aryl methyl sites for hydroxylation is 2. The number of fused-ring (bicyclic) bond motifs is 1. The lowest BCUT2D eigenvalue weighted by atomic mass is 10.1. The van der Waals surface area contributed by atoms with Crippen molar-refractivity contribution in [3.8, 4) is 5.75 Å². The minimum Gasteiger partial charge on any atom is -0.491 e. The van der Waals surface area contributed by atoms with Gasteiger partial charge in [0, 0.05) is 24.5 Å². The Morgan fingerprint density at radius 1 is 1.07 bits per heavy atom. The maximum Gasteiger partial charge on any atom is 0.257 e. The highest BCUT2D eigenvalue weighted by Crippen LogP contribution is 2.19. The number of aliphatic hydroxyl groups excluding tert-OH is 1.